The van der Waals surface area contributed by atoms with Crippen LogP contribution in [0.15, 0.2) is 72.1 Å². The molecule has 0 aliphatic heterocycles. The number of para-hydroxylation sites is 1. The molecule has 0 fully saturated rings. The molecule has 2 heterocycles. The fourth-order valence-electron chi connectivity index (χ4n) is 3.73. The summed E-state index contributed by atoms with van der Waals surface area (Å²) in [6.45, 7) is 5.48. The lowest BCUT2D eigenvalue weighted by atomic mass is 10.1. The van der Waals surface area contributed by atoms with Gasteiger partial charge < -0.3 is 10.2 Å². The second-order valence-electron chi connectivity index (χ2n) is 8.21. The van der Waals surface area contributed by atoms with Crippen molar-refractivity contribution in [1.82, 2.24) is 15.3 Å². The van der Waals surface area contributed by atoms with Crippen molar-refractivity contribution in [1.29, 1.82) is 0 Å². The number of carbonyl (C=O) groups excluding carboxylic acids is 1. The summed E-state index contributed by atoms with van der Waals surface area (Å²) in [5.74, 6) is 1.69. The average molecular weight is 459 g/mol. The normalized spacial score (nSPS) is 11.9. The fourth-order valence-corrected chi connectivity index (χ4v) is 4.39. The molecule has 4 aromatic rings. The van der Waals surface area contributed by atoms with E-state index in [2.05, 4.69) is 47.5 Å². The molecule has 1 atom stereocenters. The zero-order valence-electron chi connectivity index (χ0n) is 19.2. The minimum atomic E-state index is 0.0749. The Morgan fingerprint density at radius 1 is 1.00 bits per heavy atom. The number of anilines is 1. The molecule has 170 valence electrons. The first-order valence-corrected chi connectivity index (χ1v) is 12.4. The van der Waals surface area contributed by atoms with Crippen molar-refractivity contribution in [2.45, 2.75) is 39.2 Å². The molecule has 2 aromatic heterocycles. The van der Waals surface area contributed by atoms with Crippen molar-refractivity contribution >= 4 is 34.0 Å². The molecule has 1 amide bonds. The van der Waals surface area contributed by atoms with Crippen LogP contribution in [0.5, 0.6) is 0 Å². The maximum Gasteiger partial charge on any atom is 0.221 e. The summed E-state index contributed by atoms with van der Waals surface area (Å²) in [6.07, 6.45) is 2.22. The van der Waals surface area contributed by atoms with Gasteiger partial charge in [0.15, 0.2) is 5.82 Å². The second kappa shape index (κ2) is 11.1. The van der Waals surface area contributed by atoms with Crippen LogP contribution in [-0.2, 0) is 11.2 Å². The van der Waals surface area contributed by atoms with E-state index < -0.39 is 0 Å². The minimum Gasteiger partial charge on any atom is -0.355 e. The number of thiophene rings is 1. The van der Waals surface area contributed by atoms with Gasteiger partial charge in [-0.25, -0.2) is 9.97 Å². The van der Waals surface area contributed by atoms with Crippen LogP contribution in [0.3, 0.4) is 0 Å². The SMILES string of the molecule is CC[C@H](C)NC(=O)CCN(CCc1ccccc1)c1nc(-c2cccs2)nc2ccccc12. The molecule has 6 heteroatoms. The Morgan fingerprint density at radius 3 is 2.55 bits per heavy atom. The van der Waals surface area contributed by atoms with E-state index in [4.69, 9.17) is 9.97 Å². The van der Waals surface area contributed by atoms with E-state index in [0.717, 1.165) is 46.8 Å². The molecule has 0 spiro atoms. The van der Waals surface area contributed by atoms with Crippen LogP contribution >= 0.6 is 11.3 Å². The Bertz CT molecular complexity index is 1180. The van der Waals surface area contributed by atoms with E-state index in [1.165, 1.54) is 5.56 Å². The topological polar surface area (TPSA) is 58.1 Å². The lowest BCUT2D eigenvalue weighted by molar-refractivity contribution is -0.121. The molecule has 0 saturated heterocycles. The Kier molecular flexibility index (Phi) is 7.68. The van der Waals surface area contributed by atoms with Crippen molar-refractivity contribution in [3.05, 3.63) is 77.7 Å². The van der Waals surface area contributed by atoms with Crippen LogP contribution in [0.2, 0.25) is 0 Å². The lowest BCUT2D eigenvalue weighted by Gasteiger charge is -2.26. The van der Waals surface area contributed by atoms with E-state index >= 15 is 0 Å². The Hall–Kier alpha value is -3.25. The number of hydrogen-bond acceptors (Lipinski definition) is 5. The van der Waals surface area contributed by atoms with Gasteiger partial charge in [-0.3, -0.25) is 4.79 Å². The van der Waals surface area contributed by atoms with Crippen LogP contribution in [-0.4, -0.2) is 35.0 Å². The maximum absolute atomic E-state index is 12.6. The summed E-state index contributed by atoms with van der Waals surface area (Å²) >= 11 is 1.64. The molecule has 33 heavy (non-hydrogen) atoms. The predicted molar refractivity (Wildman–Crippen MR) is 138 cm³/mol. The fraction of sp³-hybridized carbons (Fsp3) is 0.296. The minimum absolute atomic E-state index is 0.0749. The molecule has 0 unspecified atom stereocenters. The molecular weight excluding hydrogens is 428 g/mol. The maximum atomic E-state index is 12.6. The number of nitrogens with zero attached hydrogens (tertiary/aromatic N) is 3. The molecule has 0 aliphatic carbocycles. The number of amides is 1. The number of benzene rings is 2. The van der Waals surface area contributed by atoms with Gasteiger partial charge >= 0.3 is 0 Å². The van der Waals surface area contributed by atoms with E-state index in [-0.39, 0.29) is 11.9 Å². The Morgan fingerprint density at radius 2 is 1.79 bits per heavy atom. The number of nitrogens with one attached hydrogen (secondary N) is 1. The Balaban J connectivity index is 1.66. The molecule has 2 aromatic carbocycles. The molecule has 1 N–H and O–H groups in total. The average Bonchev–Trinajstić information content (AvgIpc) is 3.39. The molecular formula is C27H30N4OS. The standard InChI is InChI=1S/C27H30N4OS/c1-3-20(2)28-25(32)16-18-31(17-15-21-10-5-4-6-11-21)27-22-12-7-8-13-23(22)29-26(30-27)24-14-9-19-33-24/h4-14,19-20H,3,15-18H2,1-2H3,(H,28,32)/t20-/m0/s1. The van der Waals surface area contributed by atoms with Gasteiger partial charge in [0.1, 0.15) is 5.82 Å². The number of hydrogen-bond donors (Lipinski definition) is 1. The van der Waals surface area contributed by atoms with Crippen LogP contribution in [0.25, 0.3) is 21.6 Å². The molecule has 4 rings (SSSR count). The predicted octanol–water partition coefficient (Wildman–Crippen LogP) is 5.71. The van der Waals surface area contributed by atoms with Crippen molar-refractivity contribution in [3.8, 4) is 10.7 Å². The molecule has 0 bridgehead atoms. The largest absolute Gasteiger partial charge is 0.355 e. The molecule has 0 aliphatic rings. The van der Waals surface area contributed by atoms with E-state index in [1.807, 2.05) is 48.7 Å². The molecule has 0 saturated carbocycles. The van der Waals surface area contributed by atoms with Gasteiger partial charge in [-0.1, -0.05) is 55.5 Å². The first-order chi connectivity index (χ1) is 16.1. The van der Waals surface area contributed by atoms with Gasteiger partial charge in [0, 0.05) is 30.9 Å². The van der Waals surface area contributed by atoms with Gasteiger partial charge in [0.05, 0.1) is 10.4 Å². The first-order valence-electron chi connectivity index (χ1n) is 11.5. The number of carbonyl (C=O) groups is 1. The highest BCUT2D eigenvalue weighted by Gasteiger charge is 2.17. The highest BCUT2D eigenvalue weighted by atomic mass is 32.1. The molecule has 5 nitrogen and oxygen atoms in total. The molecule has 0 radical (unpaired) electrons. The third-order valence-electron chi connectivity index (χ3n) is 5.77. The lowest BCUT2D eigenvalue weighted by Crippen LogP contribution is -2.36. The van der Waals surface area contributed by atoms with Crippen LogP contribution < -0.4 is 10.2 Å². The first kappa shape index (κ1) is 22.9. The van der Waals surface area contributed by atoms with Gasteiger partial charge in [0.2, 0.25) is 5.91 Å². The monoisotopic (exact) mass is 458 g/mol. The number of aromatic nitrogens is 2. The smallest absolute Gasteiger partial charge is 0.221 e. The van der Waals surface area contributed by atoms with Gasteiger partial charge in [-0.05, 0) is 48.9 Å². The quantitative estimate of drug-likeness (QED) is 0.331. The van der Waals surface area contributed by atoms with E-state index in [0.29, 0.717) is 13.0 Å². The van der Waals surface area contributed by atoms with E-state index in [1.54, 1.807) is 11.3 Å². The summed E-state index contributed by atoms with van der Waals surface area (Å²) in [7, 11) is 0. The third kappa shape index (κ3) is 5.96. The summed E-state index contributed by atoms with van der Waals surface area (Å²) in [4.78, 5) is 25.7. The van der Waals surface area contributed by atoms with Gasteiger partial charge in [-0.2, -0.15) is 0 Å². The van der Waals surface area contributed by atoms with Crippen molar-refractivity contribution in [2.24, 2.45) is 0 Å². The van der Waals surface area contributed by atoms with Gasteiger partial charge in [0.25, 0.3) is 0 Å². The zero-order chi connectivity index (χ0) is 23.0. The van der Waals surface area contributed by atoms with Crippen LogP contribution in [0.4, 0.5) is 5.82 Å². The third-order valence-corrected chi connectivity index (χ3v) is 6.63. The summed E-state index contributed by atoms with van der Waals surface area (Å²) in [5, 5.41) is 6.13. The van der Waals surface area contributed by atoms with Crippen molar-refractivity contribution in [2.75, 3.05) is 18.0 Å². The summed E-state index contributed by atoms with van der Waals surface area (Å²) in [5.41, 5.74) is 2.18. The second-order valence-corrected chi connectivity index (χ2v) is 9.16. The highest BCUT2D eigenvalue weighted by Crippen LogP contribution is 2.29. The number of rotatable bonds is 10. The summed E-state index contributed by atoms with van der Waals surface area (Å²) < 4.78 is 0. The van der Waals surface area contributed by atoms with Crippen LogP contribution in [0.1, 0.15) is 32.3 Å². The van der Waals surface area contributed by atoms with Crippen molar-refractivity contribution < 1.29 is 4.79 Å². The van der Waals surface area contributed by atoms with E-state index in [9.17, 15) is 4.79 Å². The number of fused-ring (bicyclic) bond motifs is 1. The highest BCUT2D eigenvalue weighted by molar-refractivity contribution is 7.13. The zero-order valence-corrected chi connectivity index (χ0v) is 20.0. The van der Waals surface area contributed by atoms with Crippen molar-refractivity contribution in [3.63, 3.8) is 0 Å². The Labute approximate surface area is 199 Å². The summed E-state index contributed by atoms with van der Waals surface area (Å²) in [6, 6.07) is 22.8. The van der Waals surface area contributed by atoms with Crippen LogP contribution in [0, 0.1) is 0 Å². The van der Waals surface area contributed by atoms with Gasteiger partial charge in [-0.15, -0.1) is 11.3 Å².